The largest absolute Gasteiger partial charge is 0.399 e. The Bertz CT molecular complexity index is 1490. The van der Waals surface area contributed by atoms with E-state index in [0.29, 0.717) is 0 Å². The fraction of sp³-hybridized carbons (Fsp3) is 0. The standard InChI is InChI=1S/C28H20N2/c29-20-15-13-19(14-16-20)21-17-18-28(23-8-2-1-7-22(21)23)30-26-11-5-3-9-24(26)25-10-4-6-12-27(25)30/h1-18H,29H2. The summed E-state index contributed by atoms with van der Waals surface area (Å²) in [6.07, 6.45) is 0. The van der Waals surface area contributed by atoms with Crippen LogP contribution >= 0.6 is 0 Å². The van der Waals surface area contributed by atoms with Crippen LogP contribution in [-0.4, -0.2) is 4.57 Å². The zero-order chi connectivity index (χ0) is 20.1. The summed E-state index contributed by atoms with van der Waals surface area (Å²) in [6.45, 7) is 0. The summed E-state index contributed by atoms with van der Waals surface area (Å²) in [5, 5.41) is 5.03. The number of aromatic nitrogens is 1. The number of fused-ring (bicyclic) bond motifs is 4. The van der Waals surface area contributed by atoms with E-state index >= 15 is 0 Å². The summed E-state index contributed by atoms with van der Waals surface area (Å²) in [4.78, 5) is 0. The highest BCUT2D eigenvalue weighted by Crippen LogP contribution is 2.37. The molecule has 30 heavy (non-hydrogen) atoms. The van der Waals surface area contributed by atoms with Crippen molar-refractivity contribution in [2.24, 2.45) is 0 Å². The number of anilines is 1. The monoisotopic (exact) mass is 384 g/mol. The first-order valence-corrected chi connectivity index (χ1v) is 10.2. The predicted molar refractivity (Wildman–Crippen MR) is 128 cm³/mol. The lowest BCUT2D eigenvalue weighted by atomic mass is 9.97. The van der Waals surface area contributed by atoms with Gasteiger partial charge in [-0.3, -0.25) is 0 Å². The number of hydrogen-bond donors (Lipinski definition) is 1. The zero-order valence-corrected chi connectivity index (χ0v) is 16.4. The van der Waals surface area contributed by atoms with E-state index in [1.54, 1.807) is 0 Å². The molecule has 0 amide bonds. The summed E-state index contributed by atoms with van der Waals surface area (Å²) in [5.41, 5.74) is 12.7. The van der Waals surface area contributed by atoms with Gasteiger partial charge in [-0.25, -0.2) is 0 Å². The van der Waals surface area contributed by atoms with Gasteiger partial charge in [-0.1, -0.05) is 78.9 Å². The van der Waals surface area contributed by atoms with Crippen molar-refractivity contribution in [3.05, 3.63) is 109 Å². The maximum absolute atomic E-state index is 5.91. The van der Waals surface area contributed by atoms with Gasteiger partial charge in [0.25, 0.3) is 0 Å². The lowest BCUT2D eigenvalue weighted by Crippen LogP contribution is -1.96. The minimum atomic E-state index is 0.782. The molecule has 1 heterocycles. The first-order valence-electron chi connectivity index (χ1n) is 10.2. The molecule has 2 heteroatoms. The fourth-order valence-electron chi connectivity index (χ4n) is 4.57. The number of nitrogens with two attached hydrogens (primary N) is 1. The first-order chi connectivity index (χ1) is 14.8. The molecule has 0 fully saturated rings. The van der Waals surface area contributed by atoms with Gasteiger partial charge in [0.1, 0.15) is 0 Å². The zero-order valence-electron chi connectivity index (χ0n) is 16.4. The third kappa shape index (κ3) is 2.44. The van der Waals surface area contributed by atoms with Crippen molar-refractivity contribution in [3.8, 4) is 16.8 Å². The van der Waals surface area contributed by atoms with Gasteiger partial charge in [0, 0.05) is 21.8 Å². The molecule has 0 saturated heterocycles. The Morgan fingerprint density at radius 1 is 0.467 bits per heavy atom. The van der Waals surface area contributed by atoms with E-state index in [-0.39, 0.29) is 0 Å². The molecule has 1 aromatic heterocycles. The third-order valence-electron chi connectivity index (χ3n) is 5.94. The third-order valence-corrected chi connectivity index (χ3v) is 5.94. The quantitative estimate of drug-likeness (QED) is 0.315. The number of rotatable bonds is 2. The summed E-state index contributed by atoms with van der Waals surface area (Å²) in [5.74, 6) is 0. The number of hydrogen-bond acceptors (Lipinski definition) is 1. The molecule has 0 aliphatic heterocycles. The molecular formula is C28H20N2. The summed E-state index contributed by atoms with van der Waals surface area (Å²) in [6, 6.07) is 38.5. The molecular weight excluding hydrogens is 364 g/mol. The molecule has 2 N–H and O–H groups in total. The number of benzene rings is 5. The molecule has 0 unspecified atom stereocenters. The van der Waals surface area contributed by atoms with E-state index in [1.165, 1.54) is 49.4 Å². The Kier molecular flexibility index (Phi) is 3.65. The Morgan fingerprint density at radius 2 is 1.00 bits per heavy atom. The van der Waals surface area contributed by atoms with Crippen LogP contribution in [-0.2, 0) is 0 Å². The number of nitrogens with zero attached hydrogens (tertiary/aromatic N) is 1. The molecule has 0 aliphatic rings. The van der Waals surface area contributed by atoms with Crippen molar-refractivity contribution in [1.29, 1.82) is 0 Å². The molecule has 2 nitrogen and oxygen atoms in total. The van der Waals surface area contributed by atoms with Crippen molar-refractivity contribution in [3.63, 3.8) is 0 Å². The lowest BCUT2D eigenvalue weighted by Gasteiger charge is -2.15. The highest BCUT2D eigenvalue weighted by Gasteiger charge is 2.15. The summed E-state index contributed by atoms with van der Waals surface area (Å²) >= 11 is 0. The second-order valence-electron chi connectivity index (χ2n) is 7.67. The van der Waals surface area contributed by atoms with Crippen molar-refractivity contribution in [2.45, 2.75) is 0 Å². The average Bonchev–Trinajstić information content (AvgIpc) is 3.13. The average molecular weight is 384 g/mol. The molecule has 5 aromatic carbocycles. The Balaban J connectivity index is 1.71. The molecule has 142 valence electrons. The highest BCUT2D eigenvalue weighted by atomic mass is 15.0. The van der Waals surface area contributed by atoms with Gasteiger partial charge < -0.3 is 10.3 Å². The van der Waals surface area contributed by atoms with Gasteiger partial charge in [0.2, 0.25) is 0 Å². The van der Waals surface area contributed by atoms with Crippen LogP contribution < -0.4 is 5.73 Å². The fourth-order valence-corrected chi connectivity index (χ4v) is 4.57. The van der Waals surface area contributed by atoms with Crippen molar-refractivity contribution in [2.75, 3.05) is 5.73 Å². The topological polar surface area (TPSA) is 30.9 Å². The number of para-hydroxylation sites is 2. The van der Waals surface area contributed by atoms with Crippen LogP contribution in [0.4, 0.5) is 5.69 Å². The second kappa shape index (κ2) is 6.50. The van der Waals surface area contributed by atoms with Gasteiger partial charge in [-0.05, 0) is 46.8 Å². The first kappa shape index (κ1) is 16.9. The molecule has 0 aliphatic carbocycles. The smallest absolute Gasteiger partial charge is 0.0541 e. The molecule has 0 spiro atoms. The van der Waals surface area contributed by atoms with Gasteiger partial charge in [-0.2, -0.15) is 0 Å². The van der Waals surface area contributed by atoms with E-state index in [0.717, 1.165) is 5.69 Å². The lowest BCUT2D eigenvalue weighted by molar-refractivity contribution is 1.20. The maximum Gasteiger partial charge on any atom is 0.0541 e. The van der Waals surface area contributed by atoms with Crippen LogP contribution in [0.3, 0.4) is 0 Å². The van der Waals surface area contributed by atoms with Crippen molar-refractivity contribution in [1.82, 2.24) is 4.57 Å². The van der Waals surface area contributed by atoms with Crippen LogP contribution in [0, 0.1) is 0 Å². The van der Waals surface area contributed by atoms with Crippen LogP contribution in [0.25, 0.3) is 49.4 Å². The van der Waals surface area contributed by atoms with Crippen LogP contribution in [0.5, 0.6) is 0 Å². The molecule has 6 rings (SSSR count). The van der Waals surface area contributed by atoms with Crippen molar-refractivity contribution >= 4 is 38.3 Å². The predicted octanol–water partition coefficient (Wildman–Crippen LogP) is 7.19. The van der Waals surface area contributed by atoms with Crippen LogP contribution in [0.1, 0.15) is 0 Å². The minimum absolute atomic E-state index is 0.782. The Labute approximate surface area is 174 Å². The van der Waals surface area contributed by atoms with Crippen molar-refractivity contribution < 1.29 is 0 Å². The molecule has 0 radical (unpaired) electrons. The van der Waals surface area contributed by atoms with E-state index < -0.39 is 0 Å². The molecule has 6 aromatic rings. The van der Waals surface area contributed by atoms with E-state index in [1.807, 2.05) is 12.1 Å². The Hall–Kier alpha value is -4.04. The second-order valence-corrected chi connectivity index (χ2v) is 7.67. The van der Waals surface area contributed by atoms with Crippen LogP contribution in [0.2, 0.25) is 0 Å². The highest BCUT2D eigenvalue weighted by molar-refractivity contribution is 6.11. The van der Waals surface area contributed by atoms with Gasteiger partial charge in [0.15, 0.2) is 0 Å². The summed E-state index contributed by atoms with van der Waals surface area (Å²) < 4.78 is 2.39. The SMILES string of the molecule is Nc1ccc(-c2ccc(-n3c4ccccc4c4ccccc43)c3ccccc23)cc1. The van der Waals surface area contributed by atoms with E-state index in [2.05, 4.69) is 102 Å². The minimum Gasteiger partial charge on any atom is -0.399 e. The maximum atomic E-state index is 5.91. The summed E-state index contributed by atoms with van der Waals surface area (Å²) in [7, 11) is 0. The normalized spacial score (nSPS) is 11.5. The Morgan fingerprint density at radius 3 is 1.63 bits per heavy atom. The van der Waals surface area contributed by atoms with Gasteiger partial charge in [0.05, 0.1) is 16.7 Å². The molecule has 0 saturated carbocycles. The van der Waals surface area contributed by atoms with E-state index in [4.69, 9.17) is 5.73 Å². The molecule has 0 bridgehead atoms. The van der Waals surface area contributed by atoms with Gasteiger partial charge in [-0.15, -0.1) is 0 Å². The van der Waals surface area contributed by atoms with E-state index in [9.17, 15) is 0 Å². The number of nitrogen functional groups attached to an aromatic ring is 1. The van der Waals surface area contributed by atoms with Crippen LogP contribution in [0.15, 0.2) is 109 Å². The molecule has 0 atom stereocenters. The van der Waals surface area contributed by atoms with Gasteiger partial charge >= 0.3 is 0 Å².